The van der Waals surface area contributed by atoms with E-state index in [-0.39, 0.29) is 0 Å². The molecule has 0 bridgehead atoms. The molecular weight excluding hydrogens is 264 g/mol. The number of carboxylic acid groups (broad SMARTS) is 1. The maximum Gasteiger partial charge on any atom is 0.337 e. The van der Waals surface area contributed by atoms with Crippen LogP contribution in [0, 0.1) is 11.8 Å². The highest BCUT2D eigenvalue weighted by Gasteiger charge is 2.33. The van der Waals surface area contributed by atoms with Crippen molar-refractivity contribution < 1.29 is 9.90 Å². The fraction of sp³-hybridized carbons (Fsp3) is 0.529. The van der Waals surface area contributed by atoms with Gasteiger partial charge in [0.2, 0.25) is 0 Å². The van der Waals surface area contributed by atoms with E-state index in [1.54, 1.807) is 6.07 Å². The maximum atomic E-state index is 11.4. The maximum absolute atomic E-state index is 11.4. The lowest BCUT2D eigenvalue weighted by Crippen LogP contribution is -2.12. The van der Waals surface area contributed by atoms with Gasteiger partial charge in [-0.15, -0.1) is 0 Å². The molecule has 0 spiro atoms. The molecule has 0 aliphatic heterocycles. The molecule has 0 saturated heterocycles. The number of nitrogens with zero attached hydrogens (tertiary/aromatic N) is 2. The summed E-state index contributed by atoms with van der Waals surface area (Å²) in [5.41, 5.74) is 1.98. The van der Waals surface area contributed by atoms with Crippen molar-refractivity contribution in [2.75, 3.05) is 0 Å². The highest BCUT2D eigenvalue weighted by atomic mass is 16.4. The molecule has 4 nitrogen and oxygen atoms in total. The monoisotopic (exact) mass is 284 g/mol. The summed E-state index contributed by atoms with van der Waals surface area (Å²) in [5.74, 6) is 2.24. The fourth-order valence-corrected chi connectivity index (χ4v) is 3.28. The number of fused-ring (bicyclic) bond motifs is 1. The normalized spacial score (nSPS) is 19.9. The molecule has 1 atom stereocenters. The van der Waals surface area contributed by atoms with E-state index in [1.807, 2.05) is 12.1 Å². The Morgan fingerprint density at radius 1 is 1.38 bits per heavy atom. The van der Waals surface area contributed by atoms with Crippen molar-refractivity contribution in [3.05, 3.63) is 29.6 Å². The Labute approximate surface area is 123 Å². The molecular formula is C17H20N2O2. The van der Waals surface area contributed by atoms with Gasteiger partial charge in [0.15, 0.2) is 0 Å². The zero-order valence-corrected chi connectivity index (χ0v) is 12.2. The fourth-order valence-electron chi connectivity index (χ4n) is 3.28. The third-order valence-corrected chi connectivity index (χ3v) is 4.88. The molecule has 1 unspecified atom stereocenters. The van der Waals surface area contributed by atoms with Gasteiger partial charge >= 0.3 is 5.97 Å². The lowest BCUT2D eigenvalue weighted by atomic mass is 10.1. The number of aromatic nitrogens is 2. The van der Waals surface area contributed by atoms with Gasteiger partial charge in [-0.2, -0.15) is 0 Å². The molecule has 2 saturated carbocycles. The molecule has 0 radical (unpaired) electrons. The first-order chi connectivity index (χ1) is 10.1. The molecule has 1 aromatic carbocycles. The van der Waals surface area contributed by atoms with Crippen molar-refractivity contribution in [2.24, 2.45) is 11.8 Å². The molecule has 1 N–H and O–H groups in total. The predicted octanol–water partition coefficient (Wildman–Crippen LogP) is 3.66. The van der Waals surface area contributed by atoms with Crippen molar-refractivity contribution in [3.63, 3.8) is 0 Å². The predicted molar refractivity (Wildman–Crippen MR) is 80.6 cm³/mol. The average molecular weight is 284 g/mol. The minimum absolute atomic E-state index is 0.326. The average Bonchev–Trinajstić information content (AvgIpc) is 3.35. The largest absolute Gasteiger partial charge is 0.478 e. The van der Waals surface area contributed by atoms with Gasteiger partial charge in [0.1, 0.15) is 11.3 Å². The summed E-state index contributed by atoms with van der Waals surface area (Å²) in [6, 6.07) is 5.51. The van der Waals surface area contributed by atoms with Crippen LogP contribution in [-0.2, 0) is 6.54 Å². The summed E-state index contributed by atoms with van der Waals surface area (Å²) < 4.78 is 2.29. The van der Waals surface area contributed by atoms with Crippen LogP contribution in [0.2, 0.25) is 0 Å². The SMILES string of the molecule is CC(Cn1c(C2CC2)nc2c(C(=O)O)cccc21)C1CC1. The summed E-state index contributed by atoms with van der Waals surface area (Å²) in [7, 11) is 0. The third-order valence-electron chi connectivity index (χ3n) is 4.88. The Morgan fingerprint density at radius 3 is 2.76 bits per heavy atom. The quantitative estimate of drug-likeness (QED) is 0.911. The van der Waals surface area contributed by atoms with E-state index in [4.69, 9.17) is 4.98 Å². The lowest BCUT2D eigenvalue weighted by Gasteiger charge is -2.14. The Bertz CT molecular complexity index is 711. The molecule has 21 heavy (non-hydrogen) atoms. The number of hydrogen-bond donors (Lipinski definition) is 1. The number of aromatic carboxylic acids is 1. The van der Waals surface area contributed by atoms with Crippen LogP contribution < -0.4 is 0 Å². The Kier molecular flexibility index (Phi) is 2.81. The van der Waals surface area contributed by atoms with E-state index in [0.717, 1.165) is 23.8 Å². The zero-order chi connectivity index (χ0) is 14.6. The van der Waals surface area contributed by atoms with E-state index in [1.165, 1.54) is 25.7 Å². The summed E-state index contributed by atoms with van der Waals surface area (Å²) in [6.45, 7) is 3.28. The second kappa shape index (κ2) is 4.58. The third kappa shape index (κ3) is 2.23. The second-order valence-electron chi connectivity index (χ2n) is 6.65. The van der Waals surface area contributed by atoms with Crippen molar-refractivity contribution >= 4 is 17.0 Å². The molecule has 0 amide bonds. The number of imidazole rings is 1. The number of rotatable bonds is 5. The van der Waals surface area contributed by atoms with Crippen LogP contribution in [0.3, 0.4) is 0 Å². The Morgan fingerprint density at radius 2 is 2.14 bits per heavy atom. The van der Waals surface area contributed by atoms with Gasteiger partial charge in [-0.05, 0) is 49.7 Å². The molecule has 2 aliphatic rings. The topological polar surface area (TPSA) is 55.1 Å². The van der Waals surface area contributed by atoms with Crippen LogP contribution in [0.25, 0.3) is 11.0 Å². The van der Waals surface area contributed by atoms with Gasteiger partial charge in [0, 0.05) is 12.5 Å². The van der Waals surface area contributed by atoms with Gasteiger partial charge in [0.05, 0.1) is 11.1 Å². The number of carboxylic acids is 1. The standard InChI is InChI=1S/C17H20N2O2/c1-10(11-5-6-11)9-19-14-4-2-3-13(17(20)21)15(14)18-16(19)12-7-8-12/h2-4,10-12H,5-9H2,1H3,(H,20,21). The van der Waals surface area contributed by atoms with Crippen LogP contribution >= 0.6 is 0 Å². The van der Waals surface area contributed by atoms with Crippen LogP contribution in [0.1, 0.15) is 54.7 Å². The molecule has 1 aromatic heterocycles. The van der Waals surface area contributed by atoms with Crippen molar-refractivity contribution in [1.29, 1.82) is 0 Å². The van der Waals surface area contributed by atoms with Crippen LogP contribution in [0.5, 0.6) is 0 Å². The molecule has 4 rings (SSSR count). The second-order valence-corrected chi connectivity index (χ2v) is 6.65. The van der Waals surface area contributed by atoms with E-state index in [2.05, 4.69) is 11.5 Å². The first kappa shape index (κ1) is 12.9. The Balaban J connectivity index is 1.83. The Hall–Kier alpha value is -1.84. The molecule has 1 heterocycles. The van der Waals surface area contributed by atoms with Crippen LogP contribution in [-0.4, -0.2) is 20.6 Å². The summed E-state index contributed by atoms with van der Waals surface area (Å²) in [4.78, 5) is 16.1. The van der Waals surface area contributed by atoms with Crippen molar-refractivity contribution in [1.82, 2.24) is 9.55 Å². The molecule has 2 aromatic rings. The smallest absolute Gasteiger partial charge is 0.337 e. The van der Waals surface area contributed by atoms with Gasteiger partial charge in [-0.1, -0.05) is 13.0 Å². The minimum atomic E-state index is -0.886. The summed E-state index contributed by atoms with van der Waals surface area (Å²) in [6.07, 6.45) is 5.05. The van der Waals surface area contributed by atoms with Crippen LogP contribution in [0.15, 0.2) is 18.2 Å². The number of hydrogen-bond acceptors (Lipinski definition) is 2. The van der Waals surface area contributed by atoms with E-state index in [9.17, 15) is 9.90 Å². The first-order valence-corrected chi connectivity index (χ1v) is 7.87. The first-order valence-electron chi connectivity index (χ1n) is 7.87. The molecule has 2 fully saturated rings. The van der Waals surface area contributed by atoms with Gasteiger partial charge in [0.25, 0.3) is 0 Å². The van der Waals surface area contributed by atoms with Crippen molar-refractivity contribution in [2.45, 2.75) is 45.1 Å². The highest BCUT2D eigenvalue weighted by molar-refractivity contribution is 6.01. The van der Waals surface area contributed by atoms with Gasteiger partial charge in [-0.3, -0.25) is 0 Å². The van der Waals surface area contributed by atoms with E-state index in [0.29, 0.717) is 22.9 Å². The van der Waals surface area contributed by atoms with Gasteiger partial charge < -0.3 is 9.67 Å². The number of benzene rings is 1. The van der Waals surface area contributed by atoms with Crippen LogP contribution in [0.4, 0.5) is 0 Å². The van der Waals surface area contributed by atoms with E-state index < -0.39 is 5.97 Å². The molecule has 2 aliphatic carbocycles. The van der Waals surface area contributed by atoms with Crippen molar-refractivity contribution in [3.8, 4) is 0 Å². The lowest BCUT2D eigenvalue weighted by molar-refractivity contribution is 0.0699. The van der Waals surface area contributed by atoms with E-state index >= 15 is 0 Å². The zero-order valence-electron chi connectivity index (χ0n) is 12.2. The number of carbonyl (C=O) groups is 1. The molecule has 4 heteroatoms. The minimum Gasteiger partial charge on any atom is -0.478 e. The number of para-hydroxylation sites is 1. The van der Waals surface area contributed by atoms with Gasteiger partial charge in [-0.25, -0.2) is 9.78 Å². The summed E-state index contributed by atoms with van der Waals surface area (Å²) in [5, 5.41) is 9.37. The highest BCUT2D eigenvalue weighted by Crippen LogP contribution is 2.43. The summed E-state index contributed by atoms with van der Waals surface area (Å²) >= 11 is 0. The molecule has 110 valence electrons.